The highest BCUT2D eigenvalue weighted by atomic mass is 19.1. The van der Waals surface area contributed by atoms with E-state index < -0.39 is 5.56 Å². The van der Waals surface area contributed by atoms with Crippen molar-refractivity contribution in [2.75, 3.05) is 24.5 Å². The Kier molecular flexibility index (Phi) is 5.55. The van der Waals surface area contributed by atoms with E-state index >= 15 is 0 Å². The molecular formula is C23H25FN4O2. The zero-order chi connectivity index (χ0) is 21.3. The second kappa shape index (κ2) is 8.28. The highest BCUT2D eigenvalue weighted by Gasteiger charge is 2.24. The van der Waals surface area contributed by atoms with Crippen LogP contribution >= 0.6 is 0 Å². The van der Waals surface area contributed by atoms with Gasteiger partial charge < -0.3 is 15.4 Å². The van der Waals surface area contributed by atoms with Crippen LogP contribution in [-0.2, 0) is 6.54 Å². The molecule has 2 N–H and O–H groups in total. The maximum atomic E-state index is 13.3. The third kappa shape index (κ3) is 3.68. The van der Waals surface area contributed by atoms with Crippen molar-refractivity contribution in [3.05, 3.63) is 75.6 Å². The molecule has 0 amide bonds. The first-order valence-corrected chi connectivity index (χ1v) is 10.1. The number of rotatable bonds is 6. The summed E-state index contributed by atoms with van der Waals surface area (Å²) >= 11 is 0. The number of pyridine rings is 2. The first kappa shape index (κ1) is 20.1. The number of anilines is 1. The predicted molar refractivity (Wildman–Crippen MR) is 117 cm³/mol. The Hall–Kier alpha value is -3.19. The molecule has 3 aromatic rings. The van der Waals surface area contributed by atoms with Crippen molar-refractivity contribution in [3.8, 4) is 0 Å². The topological polar surface area (TPSA) is 70.4 Å². The maximum absolute atomic E-state index is 13.3. The van der Waals surface area contributed by atoms with Gasteiger partial charge in [0.15, 0.2) is 0 Å². The number of halogens is 1. The van der Waals surface area contributed by atoms with E-state index in [0.29, 0.717) is 30.1 Å². The van der Waals surface area contributed by atoms with Crippen molar-refractivity contribution < 1.29 is 9.60 Å². The molecule has 3 heterocycles. The second-order valence-corrected chi connectivity index (χ2v) is 7.60. The van der Waals surface area contributed by atoms with Crippen LogP contribution in [0.2, 0.25) is 0 Å². The molecule has 1 aromatic carbocycles. The second-order valence-electron chi connectivity index (χ2n) is 7.60. The van der Waals surface area contributed by atoms with Gasteiger partial charge >= 0.3 is 5.56 Å². The van der Waals surface area contributed by atoms with Crippen molar-refractivity contribution in [2.24, 2.45) is 0 Å². The van der Waals surface area contributed by atoms with Gasteiger partial charge in [0.25, 0.3) is 0 Å². The average Bonchev–Trinajstić information content (AvgIpc) is 2.75. The minimum atomic E-state index is -0.524. The van der Waals surface area contributed by atoms with Crippen LogP contribution in [0.15, 0.2) is 47.4 Å². The first-order chi connectivity index (χ1) is 14.5. The predicted octanol–water partition coefficient (Wildman–Crippen LogP) is 3.48. The summed E-state index contributed by atoms with van der Waals surface area (Å²) in [6.45, 7) is 6.69. The number of hydrogen-bond acceptors (Lipinski definition) is 5. The Balaban J connectivity index is 1.82. The Morgan fingerprint density at radius 2 is 2.03 bits per heavy atom. The highest BCUT2D eigenvalue weighted by Crippen LogP contribution is 2.36. The molecule has 156 valence electrons. The molecule has 0 aliphatic carbocycles. The Bertz CT molecular complexity index is 1170. The number of nitrogens with zero attached hydrogens (tertiary/aromatic N) is 3. The summed E-state index contributed by atoms with van der Waals surface area (Å²) in [5.41, 5.74) is 4.16. The lowest BCUT2D eigenvalue weighted by molar-refractivity contribution is 0.170. The smallest absolute Gasteiger partial charge is 0.309 e. The average molecular weight is 408 g/mol. The molecule has 0 unspecified atom stereocenters. The standard InChI is InChI=1S/C23H25FN4O2/c1-3-9-25-12-17-8-10-27(14-16-4-6-18(24)7-5-16)20-13-26-22-19(21(17)20)11-15(2)28(30)23(22)29/h4-8,11,13,25,30H,3,9-10,12,14H2,1-2H3. The van der Waals surface area contributed by atoms with Gasteiger partial charge in [-0.05, 0) is 49.2 Å². The van der Waals surface area contributed by atoms with Gasteiger partial charge in [-0.2, -0.15) is 4.73 Å². The van der Waals surface area contributed by atoms with Crippen LogP contribution in [0.1, 0.15) is 30.2 Å². The maximum Gasteiger partial charge on any atom is 0.309 e. The van der Waals surface area contributed by atoms with E-state index in [9.17, 15) is 14.4 Å². The Labute approximate surface area is 174 Å². The molecule has 0 spiro atoms. The lowest BCUT2D eigenvalue weighted by Crippen LogP contribution is -2.30. The summed E-state index contributed by atoms with van der Waals surface area (Å²) in [6, 6.07) is 8.28. The molecule has 0 bridgehead atoms. The van der Waals surface area contributed by atoms with Gasteiger partial charge in [-0.25, -0.2) is 9.37 Å². The van der Waals surface area contributed by atoms with Gasteiger partial charge in [0.05, 0.1) is 17.6 Å². The molecule has 1 aliphatic heterocycles. The molecule has 2 aromatic heterocycles. The zero-order valence-electron chi connectivity index (χ0n) is 17.2. The van der Waals surface area contributed by atoms with Crippen LogP contribution < -0.4 is 15.8 Å². The third-order valence-electron chi connectivity index (χ3n) is 5.43. The van der Waals surface area contributed by atoms with Crippen LogP contribution in [0, 0.1) is 12.7 Å². The third-order valence-corrected chi connectivity index (χ3v) is 5.43. The summed E-state index contributed by atoms with van der Waals surface area (Å²) in [4.78, 5) is 19.1. The van der Waals surface area contributed by atoms with Gasteiger partial charge in [-0.1, -0.05) is 25.1 Å². The Morgan fingerprint density at radius 1 is 1.27 bits per heavy atom. The van der Waals surface area contributed by atoms with Crippen molar-refractivity contribution >= 4 is 22.2 Å². The van der Waals surface area contributed by atoms with E-state index in [1.807, 2.05) is 0 Å². The largest absolute Gasteiger partial charge is 0.425 e. The van der Waals surface area contributed by atoms with E-state index in [4.69, 9.17) is 0 Å². The number of benzene rings is 1. The molecule has 0 saturated carbocycles. The molecule has 6 nitrogen and oxygen atoms in total. The molecule has 30 heavy (non-hydrogen) atoms. The number of fused-ring (bicyclic) bond motifs is 3. The van der Waals surface area contributed by atoms with Gasteiger partial charge in [0.2, 0.25) is 0 Å². The first-order valence-electron chi connectivity index (χ1n) is 10.1. The fourth-order valence-corrected chi connectivity index (χ4v) is 3.88. The molecule has 4 rings (SSSR count). The molecule has 0 atom stereocenters. The summed E-state index contributed by atoms with van der Waals surface area (Å²) in [5.74, 6) is -0.259. The van der Waals surface area contributed by atoms with Gasteiger partial charge in [-0.3, -0.25) is 4.79 Å². The number of aromatic nitrogens is 2. The van der Waals surface area contributed by atoms with Crippen molar-refractivity contribution in [2.45, 2.75) is 26.8 Å². The summed E-state index contributed by atoms with van der Waals surface area (Å²) in [7, 11) is 0. The highest BCUT2D eigenvalue weighted by molar-refractivity contribution is 5.98. The Morgan fingerprint density at radius 3 is 2.77 bits per heavy atom. The van der Waals surface area contributed by atoms with Crippen LogP contribution in [0.4, 0.5) is 10.1 Å². The molecular weight excluding hydrogens is 383 g/mol. The number of aryl methyl sites for hydroxylation is 1. The fraction of sp³-hybridized carbons (Fsp3) is 0.304. The van der Waals surface area contributed by atoms with Gasteiger partial charge in [0, 0.05) is 30.6 Å². The lowest BCUT2D eigenvalue weighted by atomic mass is 9.95. The van der Waals surface area contributed by atoms with E-state index in [2.05, 4.69) is 28.2 Å². The minimum absolute atomic E-state index is 0.242. The van der Waals surface area contributed by atoms with E-state index in [0.717, 1.165) is 40.7 Å². The molecule has 0 saturated heterocycles. The lowest BCUT2D eigenvalue weighted by Gasteiger charge is -2.31. The van der Waals surface area contributed by atoms with Crippen LogP contribution in [0.25, 0.3) is 16.5 Å². The SMILES string of the molecule is CCCNCC1=CCN(Cc2ccc(F)cc2)c2cnc3c(=O)n(O)c(C)cc3c21. The summed E-state index contributed by atoms with van der Waals surface area (Å²) < 4.78 is 13.9. The van der Waals surface area contributed by atoms with Crippen LogP contribution in [-0.4, -0.2) is 34.6 Å². The fourth-order valence-electron chi connectivity index (χ4n) is 3.88. The van der Waals surface area contributed by atoms with Crippen LogP contribution in [0.5, 0.6) is 0 Å². The number of nitrogens with one attached hydrogen (secondary N) is 1. The molecule has 7 heteroatoms. The van der Waals surface area contributed by atoms with E-state index in [-0.39, 0.29) is 11.3 Å². The van der Waals surface area contributed by atoms with Crippen molar-refractivity contribution in [1.82, 2.24) is 15.0 Å². The monoisotopic (exact) mass is 408 g/mol. The normalized spacial score (nSPS) is 13.4. The summed E-state index contributed by atoms with van der Waals surface area (Å²) in [5, 5.41) is 14.2. The van der Waals surface area contributed by atoms with E-state index in [1.54, 1.807) is 31.3 Å². The molecule has 0 fully saturated rings. The van der Waals surface area contributed by atoms with Gasteiger partial charge in [0.1, 0.15) is 11.3 Å². The quantitative estimate of drug-likeness (QED) is 0.483. The van der Waals surface area contributed by atoms with Gasteiger partial charge in [-0.15, -0.1) is 0 Å². The minimum Gasteiger partial charge on any atom is -0.425 e. The van der Waals surface area contributed by atoms with Crippen molar-refractivity contribution in [3.63, 3.8) is 0 Å². The van der Waals surface area contributed by atoms with E-state index in [1.165, 1.54) is 12.1 Å². The molecule has 0 radical (unpaired) electrons. The van der Waals surface area contributed by atoms with Crippen molar-refractivity contribution in [1.29, 1.82) is 0 Å². The number of hydrogen-bond donors (Lipinski definition) is 2. The summed E-state index contributed by atoms with van der Waals surface area (Å²) in [6.07, 6.45) is 4.89. The zero-order valence-corrected chi connectivity index (χ0v) is 17.2. The molecule has 1 aliphatic rings. The van der Waals surface area contributed by atoms with Crippen LogP contribution in [0.3, 0.4) is 0 Å².